The molecule has 6 nitrogen and oxygen atoms in total. The van der Waals surface area contributed by atoms with Crippen LogP contribution in [-0.2, 0) is 6.42 Å². The summed E-state index contributed by atoms with van der Waals surface area (Å²) in [4.78, 5) is 14.7. The molecule has 1 aliphatic heterocycles. The quantitative estimate of drug-likeness (QED) is 0.650. The highest BCUT2D eigenvalue weighted by Gasteiger charge is 2.17. The van der Waals surface area contributed by atoms with Gasteiger partial charge in [-0.1, -0.05) is 0 Å². The Labute approximate surface area is 129 Å². The van der Waals surface area contributed by atoms with E-state index < -0.39 is 4.92 Å². The van der Waals surface area contributed by atoms with Crippen molar-refractivity contribution in [2.45, 2.75) is 12.8 Å². The molecule has 0 spiro atoms. The van der Waals surface area contributed by atoms with Gasteiger partial charge in [-0.2, -0.15) is 0 Å². The van der Waals surface area contributed by atoms with Gasteiger partial charge in [0.15, 0.2) is 0 Å². The van der Waals surface area contributed by atoms with Crippen LogP contribution in [0, 0.1) is 10.1 Å². The molecule has 2 aromatic rings. The first-order chi connectivity index (χ1) is 10.1. The van der Waals surface area contributed by atoms with Crippen molar-refractivity contribution in [3.05, 3.63) is 50.6 Å². The van der Waals surface area contributed by atoms with E-state index in [1.54, 1.807) is 0 Å². The number of nitrogens with one attached hydrogen (secondary N) is 2. The van der Waals surface area contributed by atoms with Crippen LogP contribution in [0.5, 0.6) is 0 Å². The third-order valence-electron chi connectivity index (χ3n) is 3.34. The van der Waals surface area contributed by atoms with Gasteiger partial charge in [-0.3, -0.25) is 10.1 Å². The van der Waals surface area contributed by atoms with Crippen molar-refractivity contribution in [2.75, 3.05) is 17.2 Å². The summed E-state index contributed by atoms with van der Waals surface area (Å²) in [5.74, 6) is 0.243. The fourth-order valence-electron chi connectivity index (χ4n) is 2.35. The van der Waals surface area contributed by atoms with Crippen molar-refractivity contribution in [2.24, 2.45) is 0 Å². The van der Waals surface area contributed by atoms with E-state index in [-0.39, 0.29) is 11.5 Å². The van der Waals surface area contributed by atoms with E-state index >= 15 is 0 Å². The van der Waals surface area contributed by atoms with Gasteiger partial charge in [0.25, 0.3) is 0 Å². The number of rotatable bonds is 3. The van der Waals surface area contributed by atoms with E-state index in [9.17, 15) is 10.1 Å². The third kappa shape index (κ3) is 2.97. The fraction of sp³-hybridized carbons (Fsp3) is 0.214. The molecule has 0 aliphatic carbocycles. The summed E-state index contributed by atoms with van der Waals surface area (Å²) in [6, 6.07) is 7.33. The van der Waals surface area contributed by atoms with Gasteiger partial charge < -0.3 is 10.6 Å². The number of benzene rings is 1. The van der Waals surface area contributed by atoms with Crippen LogP contribution in [0.15, 0.2) is 34.9 Å². The summed E-state index contributed by atoms with van der Waals surface area (Å²) in [6.45, 7) is 0.986. The molecule has 7 heteroatoms. The molecule has 0 radical (unpaired) electrons. The van der Waals surface area contributed by atoms with Gasteiger partial charge in [0.05, 0.1) is 4.92 Å². The Hall–Kier alpha value is -2.15. The highest BCUT2D eigenvalue weighted by atomic mass is 79.9. The van der Waals surface area contributed by atoms with E-state index in [4.69, 9.17) is 0 Å². The van der Waals surface area contributed by atoms with E-state index in [1.165, 1.54) is 17.8 Å². The average molecular weight is 349 g/mol. The topological polar surface area (TPSA) is 80.1 Å². The van der Waals surface area contributed by atoms with Crippen LogP contribution >= 0.6 is 15.9 Å². The number of aryl methyl sites for hydroxylation is 1. The SMILES string of the molecule is O=[N+]([O-])c1cc(Br)cnc1Nc1ccc2c(c1)CCCN2. The molecule has 0 amide bonds. The Bertz CT molecular complexity index is 705. The van der Waals surface area contributed by atoms with Gasteiger partial charge in [0.1, 0.15) is 0 Å². The lowest BCUT2D eigenvalue weighted by atomic mass is 10.0. The molecular formula is C14H13BrN4O2. The highest BCUT2D eigenvalue weighted by Crippen LogP contribution is 2.30. The predicted octanol–water partition coefficient (Wildman–Crippen LogP) is 3.85. The number of hydrogen-bond donors (Lipinski definition) is 2. The highest BCUT2D eigenvalue weighted by molar-refractivity contribution is 9.10. The number of halogens is 1. The number of anilines is 3. The lowest BCUT2D eigenvalue weighted by Crippen LogP contribution is -2.11. The Kier molecular flexibility index (Phi) is 3.74. The van der Waals surface area contributed by atoms with Crippen molar-refractivity contribution >= 4 is 38.8 Å². The molecule has 0 fully saturated rings. The maximum atomic E-state index is 11.1. The third-order valence-corrected chi connectivity index (χ3v) is 3.77. The summed E-state index contributed by atoms with van der Waals surface area (Å²) in [5, 5.41) is 17.5. The summed E-state index contributed by atoms with van der Waals surface area (Å²) in [7, 11) is 0. The average Bonchev–Trinajstić information content (AvgIpc) is 2.49. The molecule has 2 heterocycles. The predicted molar refractivity (Wildman–Crippen MR) is 85.1 cm³/mol. The van der Waals surface area contributed by atoms with Crippen LogP contribution < -0.4 is 10.6 Å². The zero-order valence-corrected chi connectivity index (χ0v) is 12.7. The first kappa shape index (κ1) is 13.8. The van der Waals surface area contributed by atoms with Gasteiger partial charge >= 0.3 is 5.69 Å². The van der Waals surface area contributed by atoms with Gasteiger partial charge in [0.2, 0.25) is 5.82 Å². The molecule has 0 saturated carbocycles. The summed E-state index contributed by atoms with van der Waals surface area (Å²) >= 11 is 3.20. The molecule has 3 rings (SSSR count). The van der Waals surface area contributed by atoms with E-state index in [2.05, 4.69) is 31.5 Å². The molecule has 21 heavy (non-hydrogen) atoms. The van der Waals surface area contributed by atoms with Crippen molar-refractivity contribution in [1.29, 1.82) is 0 Å². The normalized spacial score (nSPS) is 13.2. The lowest BCUT2D eigenvalue weighted by molar-refractivity contribution is -0.384. The van der Waals surface area contributed by atoms with Crippen molar-refractivity contribution in [1.82, 2.24) is 4.98 Å². The molecule has 2 N–H and O–H groups in total. The number of hydrogen-bond acceptors (Lipinski definition) is 5. The van der Waals surface area contributed by atoms with Gasteiger partial charge in [0, 0.05) is 34.7 Å². The molecule has 1 aromatic heterocycles. The zero-order chi connectivity index (χ0) is 14.8. The van der Waals surface area contributed by atoms with Gasteiger partial charge in [-0.25, -0.2) is 4.98 Å². The smallest absolute Gasteiger partial charge is 0.312 e. The first-order valence-corrected chi connectivity index (χ1v) is 7.36. The van der Waals surface area contributed by atoms with Crippen LogP contribution in [-0.4, -0.2) is 16.5 Å². The molecule has 0 atom stereocenters. The minimum absolute atomic E-state index is 0.0554. The summed E-state index contributed by atoms with van der Waals surface area (Å²) in [5.41, 5.74) is 3.09. The van der Waals surface area contributed by atoms with E-state index in [0.717, 1.165) is 30.8 Å². The maximum absolute atomic E-state index is 11.1. The Morgan fingerprint density at radius 1 is 1.38 bits per heavy atom. The van der Waals surface area contributed by atoms with Crippen LogP contribution in [0.2, 0.25) is 0 Å². The van der Waals surface area contributed by atoms with Crippen LogP contribution in [0.4, 0.5) is 22.9 Å². The van der Waals surface area contributed by atoms with Crippen molar-refractivity contribution in [3.8, 4) is 0 Å². The van der Waals surface area contributed by atoms with Crippen LogP contribution in [0.25, 0.3) is 0 Å². The second-order valence-electron chi connectivity index (χ2n) is 4.81. The largest absolute Gasteiger partial charge is 0.385 e. The van der Waals surface area contributed by atoms with Crippen molar-refractivity contribution in [3.63, 3.8) is 0 Å². The van der Waals surface area contributed by atoms with Crippen LogP contribution in [0.3, 0.4) is 0 Å². The summed E-state index contributed by atoms with van der Waals surface area (Å²) < 4.78 is 0.578. The molecule has 0 unspecified atom stereocenters. The van der Waals surface area contributed by atoms with Crippen molar-refractivity contribution < 1.29 is 4.92 Å². The Morgan fingerprint density at radius 3 is 3.05 bits per heavy atom. The molecule has 0 saturated heterocycles. The molecule has 108 valence electrons. The van der Waals surface area contributed by atoms with Gasteiger partial charge in [-0.05, 0) is 52.5 Å². The van der Waals surface area contributed by atoms with Gasteiger partial charge in [-0.15, -0.1) is 0 Å². The molecule has 1 aromatic carbocycles. The second-order valence-corrected chi connectivity index (χ2v) is 5.72. The number of aromatic nitrogens is 1. The first-order valence-electron chi connectivity index (χ1n) is 6.57. The number of fused-ring (bicyclic) bond motifs is 1. The zero-order valence-electron chi connectivity index (χ0n) is 11.1. The van der Waals surface area contributed by atoms with Crippen LogP contribution in [0.1, 0.15) is 12.0 Å². The Morgan fingerprint density at radius 2 is 2.24 bits per heavy atom. The number of nitro groups is 1. The second kappa shape index (κ2) is 5.69. The monoisotopic (exact) mass is 348 g/mol. The minimum Gasteiger partial charge on any atom is -0.385 e. The van der Waals surface area contributed by atoms with E-state index in [0.29, 0.717) is 4.47 Å². The maximum Gasteiger partial charge on any atom is 0.312 e. The number of nitrogens with zero attached hydrogens (tertiary/aromatic N) is 2. The standard InChI is InChI=1S/C14H13BrN4O2/c15-10-7-13(19(20)21)14(17-8-10)18-11-3-4-12-9(6-11)2-1-5-16-12/h3-4,6-8,16H,1-2,5H2,(H,17,18). The molecular weight excluding hydrogens is 336 g/mol. The fourth-order valence-corrected chi connectivity index (χ4v) is 2.67. The molecule has 0 bridgehead atoms. The van der Waals surface area contributed by atoms with E-state index in [1.807, 2.05) is 18.2 Å². The lowest BCUT2D eigenvalue weighted by Gasteiger charge is -2.18. The molecule has 1 aliphatic rings. The number of pyridine rings is 1. The summed E-state index contributed by atoms with van der Waals surface area (Å²) in [6.07, 6.45) is 3.64. The Balaban J connectivity index is 1.92. The minimum atomic E-state index is -0.444.